The molecule has 3 atom stereocenters. The summed E-state index contributed by atoms with van der Waals surface area (Å²) in [5, 5.41) is 6.16. The van der Waals surface area contributed by atoms with Crippen LogP contribution in [-0.2, 0) is 6.42 Å². The summed E-state index contributed by atoms with van der Waals surface area (Å²) in [6, 6.07) is 6.41. The number of fused-ring (bicyclic) bond motifs is 1. The van der Waals surface area contributed by atoms with Gasteiger partial charge in [0.2, 0.25) is 5.88 Å². The van der Waals surface area contributed by atoms with Crippen LogP contribution in [0.1, 0.15) is 53.7 Å². The Kier molecular flexibility index (Phi) is 5.57. The van der Waals surface area contributed by atoms with E-state index < -0.39 is 0 Å². The summed E-state index contributed by atoms with van der Waals surface area (Å²) in [7, 11) is 1.57. The van der Waals surface area contributed by atoms with Crippen molar-refractivity contribution in [1.29, 1.82) is 0 Å². The highest BCUT2D eigenvalue weighted by Crippen LogP contribution is 2.42. The molecule has 2 aliphatic rings. The molecule has 4 rings (SSSR count). The molecule has 3 unspecified atom stereocenters. The minimum atomic E-state index is -0.260. The molecule has 1 aromatic carbocycles. The van der Waals surface area contributed by atoms with Crippen molar-refractivity contribution in [2.75, 3.05) is 20.1 Å². The van der Waals surface area contributed by atoms with Crippen LogP contribution in [0.5, 0.6) is 11.6 Å². The third-order valence-corrected chi connectivity index (χ3v) is 6.06. The van der Waals surface area contributed by atoms with Crippen molar-refractivity contribution in [3.63, 3.8) is 0 Å². The van der Waals surface area contributed by atoms with Gasteiger partial charge in [-0.25, -0.2) is 9.97 Å². The summed E-state index contributed by atoms with van der Waals surface area (Å²) in [4.78, 5) is 19.9. The third-order valence-electron chi connectivity index (χ3n) is 6.06. The standard InChI is InChI=1S/C22H28N4O2/c1-14-3-4-15(9-14)19-11-24-8-7-16-10-17(5-6-18(16)19)28-21-13-25-20(12-26-21)22(27)23-2/h5-6,10,12-15,19,24H,3-4,7-9,11H2,1-2H3,(H,23,27). The fraction of sp³-hybridized carbons (Fsp3) is 0.500. The zero-order valence-corrected chi connectivity index (χ0v) is 16.6. The number of nitrogens with one attached hydrogen (secondary N) is 2. The van der Waals surface area contributed by atoms with Crippen molar-refractivity contribution in [2.45, 2.75) is 38.5 Å². The molecule has 6 nitrogen and oxygen atoms in total. The third kappa shape index (κ3) is 4.02. The maximum atomic E-state index is 11.6. The lowest BCUT2D eigenvalue weighted by Gasteiger charge is -2.24. The van der Waals surface area contributed by atoms with E-state index in [9.17, 15) is 4.79 Å². The van der Waals surface area contributed by atoms with Crippen LogP contribution in [0, 0.1) is 11.8 Å². The molecule has 1 amide bonds. The Morgan fingerprint density at radius 3 is 2.86 bits per heavy atom. The van der Waals surface area contributed by atoms with Gasteiger partial charge < -0.3 is 15.4 Å². The quantitative estimate of drug-likeness (QED) is 0.851. The van der Waals surface area contributed by atoms with Crippen molar-refractivity contribution in [3.8, 4) is 11.6 Å². The molecule has 2 heterocycles. The van der Waals surface area contributed by atoms with Crippen LogP contribution in [0.3, 0.4) is 0 Å². The number of nitrogens with zero attached hydrogens (tertiary/aromatic N) is 2. The van der Waals surface area contributed by atoms with E-state index in [0.717, 1.165) is 37.1 Å². The lowest BCUT2D eigenvalue weighted by Crippen LogP contribution is -2.24. The first-order valence-corrected chi connectivity index (χ1v) is 10.2. The number of hydrogen-bond donors (Lipinski definition) is 2. The SMILES string of the molecule is CNC(=O)c1cnc(Oc2ccc3c(c2)CCNCC3C2CCC(C)C2)cn1. The largest absolute Gasteiger partial charge is 0.437 e. The van der Waals surface area contributed by atoms with E-state index in [0.29, 0.717) is 11.8 Å². The highest BCUT2D eigenvalue weighted by molar-refractivity contribution is 5.91. The first kappa shape index (κ1) is 18.9. The van der Waals surface area contributed by atoms with Crippen molar-refractivity contribution < 1.29 is 9.53 Å². The van der Waals surface area contributed by atoms with Crippen LogP contribution in [0.25, 0.3) is 0 Å². The molecule has 1 aliphatic heterocycles. The summed E-state index contributed by atoms with van der Waals surface area (Å²) >= 11 is 0. The Hall–Kier alpha value is -2.47. The molecule has 2 aromatic rings. The highest BCUT2D eigenvalue weighted by atomic mass is 16.5. The first-order chi connectivity index (χ1) is 13.6. The van der Waals surface area contributed by atoms with Gasteiger partial charge >= 0.3 is 0 Å². The molecule has 0 bridgehead atoms. The predicted octanol–water partition coefficient (Wildman–Crippen LogP) is 3.29. The molecule has 0 spiro atoms. The molecule has 0 saturated heterocycles. The number of hydrogen-bond acceptors (Lipinski definition) is 5. The van der Waals surface area contributed by atoms with Crippen molar-refractivity contribution >= 4 is 5.91 Å². The van der Waals surface area contributed by atoms with Gasteiger partial charge in [-0.2, -0.15) is 0 Å². The number of rotatable bonds is 4. The van der Waals surface area contributed by atoms with E-state index in [-0.39, 0.29) is 11.6 Å². The summed E-state index contributed by atoms with van der Waals surface area (Å²) < 4.78 is 5.91. The Bertz CT molecular complexity index is 837. The van der Waals surface area contributed by atoms with Gasteiger partial charge in [-0.05, 0) is 66.8 Å². The minimum absolute atomic E-state index is 0.260. The number of amides is 1. The Labute approximate surface area is 166 Å². The van der Waals surface area contributed by atoms with Crippen LogP contribution in [0.15, 0.2) is 30.6 Å². The summed E-state index contributed by atoms with van der Waals surface area (Å²) in [6.07, 6.45) is 7.93. The van der Waals surface area contributed by atoms with Crippen molar-refractivity contribution in [3.05, 3.63) is 47.4 Å². The fourth-order valence-corrected chi connectivity index (χ4v) is 4.59. The second-order valence-electron chi connectivity index (χ2n) is 8.02. The van der Waals surface area contributed by atoms with Gasteiger partial charge in [0, 0.05) is 13.6 Å². The van der Waals surface area contributed by atoms with Gasteiger partial charge in [0.05, 0.1) is 12.4 Å². The second-order valence-corrected chi connectivity index (χ2v) is 8.02. The van der Waals surface area contributed by atoms with Crippen LogP contribution in [0.4, 0.5) is 0 Å². The van der Waals surface area contributed by atoms with Gasteiger partial charge in [-0.15, -0.1) is 0 Å². The van der Waals surface area contributed by atoms with Gasteiger partial charge in [0.25, 0.3) is 5.91 Å². The average Bonchev–Trinajstić information content (AvgIpc) is 3.03. The molecule has 1 fully saturated rings. The summed E-state index contributed by atoms with van der Waals surface area (Å²) in [5.41, 5.74) is 3.11. The Morgan fingerprint density at radius 2 is 2.14 bits per heavy atom. The van der Waals surface area contributed by atoms with E-state index in [1.165, 1.54) is 42.8 Å². The monoisotopic (exact) mass is 380 g/mol. The van der Waals surface area contributed by atoms with Crippen LogP contribution in [-0.4, -0.2) is 36.0 Å². The zero-order chi connectivity index (χ0) is 19.5. The predicted molar refractivity (Wildman–Crippen MR) is 108 cm³/mol. The molecule has 1 aliphatic carbocycles. The molecule has 0 radical (unpaired) electrons. The van der Waals surface area contributed by atoms with E-state index in [4.69, 9.17) is 4.74 Å². The highest BCUT2D eigenvalue weighted by Gasteiger charge is 2.31. The number of carbonyl (C=O) groups excluding carboxylic acids is 1. The molecule has 2 N–H and O–H groups in total. The Balaban J connectivity index is 1.53. The van der Waals surface area contributed by atoms with Gasteiger partial charge in [0.1, 0.15) is 11.4 Å². The number of benzene rings is 1. The van der Waals surface area contributed by atoms with Gasteiger partial charge in [-0.3, -0.25) is 4.79 Å². The summed E-state index contributed by atoms with van der Waals surface area (Å²) in [5.74, 6) is 3.10. The normalized spacial score (nSPS) is 24.3. The van der Waals surface area contributed by atoms with Crippen molar-refractivity contribution in [2.24, 2.45) is 11.8 Å². The molecule has 1 saturated carbocycles. The first-order valence-electron chi connectivity index (χ1n) is 10.2. The van der Waals surface area contributed by atoms with Crippen LogP contribution in [0.2, 0.25) is 0 Å². The van der Waals surface area contributed by atoms with Crippen molar-refractivity contribution in [1.82, 2.24) is 20.6 Å². The molecular formula is C22H28N4O2. The van der Waals surface area contributed by atoms with Crippen LogP contribution >= 0.6 is 0 Å². The number of ether oxygens (including phenoxy) is 1. The molecule has 1 aromatic heterocycles. The zero-order valence-electron chi connectivity index (χ0n) is 16.6. The molecule has 28 heavy (non-hydrogen) atoms. The fourth-order valence-electron chi connectivity index (χ4n) is 4.59. The minimum Gasteiger partial charge on any atom is -0.437 e. The van der Waals surface area contributed by atoms with Crippen LogP contribution < -0.4 is 15.4 Å². The maximum Gasteiger partial charge on any atom is 0.271 e. The average molecular weight is 380 g/mol. The van der Waals surface area contributed by atoms with Gasteiger partial charge in [-0.1, -0.05) is 19.4 Å². The second kappa shape index (κ2) is 8.27. The summed E-state index contributed by atoms with van der Waals surface area (Å²) in [6.45, 7) is 4.44. The van der Waals surface area contributed by atoms with E-state index >= 15 is 0 Å². The lowest BCUT2D eigenvalue weighted by atomic mass is 9.82. The van der Waals surface area contributed by atoms with Gasteiger partial charge in [0.15, 0.2) is 0 Å². The maximum absolute atomic E-state index is 11.6. The molecule has 6 heteroatoms. The molecular weight excluding hydrogens is 352 g/mol. The number of aromatic nitrogens is 2. The topological polar surface area (TPSA) is 76.1 Å². The Morgan fingerprint density at radius 1 is 1.25 bits per heavy atom. The molecule has 148 valence electrons. The van der Waals surface area contributed by atoms with E-state index in [1.54, 1.807) is 7.05 Å². The smallest absolute Gasteiger partial charge is 0.271 e. The van der Waals surface area contributed by atoms with E-state index in [2.05, 4.69) is 39.7 Å². The number of carbonyl (C=O) groups is 1. The lowest BCUT2D eigenvalue weighted by molar-refractivity contribution is 0.0957. The van der Waals surface area contributed by atoms with E-state index in [1.807, 2.05) is 6.07 Å².